The van der Waals surface area contributed by atoms with Gasteiger partial charge in [-0.15, -0.1) is 0 Å². The van der Waals surface area contributed by atoms with Gasteiger partial charge in [0.15, 0.2) is 0 Å². The summed E-state index contributed by atoms with van der Waals surface area (Å²) in [6, 6.07) is 0. The van der Waals surface area contributed by atoms with Gasteiger partial charge in [0.25, 0.3) is 0 Å². The maximum atomic E-state index is 11.1. The fraction of sp³-hybridized carbons (Fsp3) is 1.00. The van der Waals surface area contributed by atoms with Gasteiger partial charge in [-0.25, -0.2) is 25.3 Å². The lowest BCUT2D eigenvalue weighted by Gasteiger charge is -2.41. The lowest BCUT2D eigenvalue weighted by Crippen LogP contribution is -2.55. The Morgan fingerprint density at radius 3 is 0.949 bits per heavy atom. The molecule has 59 heavy (non-hydrogen) atoms. The van der Waals surface area contributed by atoms with Crippen molar-refractivity contribution in [2.45, 2.75) is 164 Å². The number of aliphatic hydroxyl groups excluding tert-OH is 1. The van der Waals surface area contributed by atoms with E-state index in [1.807, 2.05) is 0 Å². The maximum absolute atomic E-state index is 11.1. The van der Waals surface area contributed by atoms with Gasteiger partial charge in [0.2, 0.25) is 31.2 Å². The van der Waals surface area contributed by atoms with E-state index in [0.717, 1.165) is 33.0 Å². The smallest absolute Gasteiger partial charge is 0.217 e. The number of likely N-dealkylation sites (N-methyl/N-ethyl adjacent to an activating group) is 1. The third kappa shape index (κ3) is 53.5. The molecule has 0 aliphatic carbocycles. The maximum Gasteiger partial charge on any atom is 0.217 e. The largest absolute Gasteiger partial charge is 0.726 e. The van der Waals surface area contributed by atoms with Crippen LogP contribution in [0.2, 0.25) is 0 Å². The van der Waals surface area contributed by atoms with E-state index in [2.05, 4.69) is 68.4 Å². The van der Waals surface area contributed by atoms with Gasteiger partial charge >= 0.3 is 0 Å². The van der Waals surface area contributed by atoms with Crippen LogP contribution in [0.5, 0.6) is 0 Å². The monoisotopic (exact) mass is 918 g/mol. The van der Waals surface area contributed by atoms with Gasteiger partial charge in [0, 0.05) is 12.8 Å². The summed E-state index contributed by atoms with van der Waals surface area (Å²) in [4.78, 5) is 0. The zero-order valence-corrected chi connectivity index (χ0v) is 41.7. The first-order valence-corrected chi connectivity index (χ1v) is 26.2. The van der Waals surface area contributed by atoms with Crippen molar-refractivity contribution in [3.8, 4) is 0 Å². The zero-order valence-electron chi connectivity index (χ0n) is 39.3. The molecule has 0 fully saturated rings. The molecule has 0 aromatic heterocycles. The Morgan fingerprint density at radius 1 is 0.441 bits per heavy atom. The Balaban J connectivity index is -0.000000580. The fourth-order valence-corrected chi connectivity index (χ4v) is 7.14. The summed E-state index contributed by atoms with van der Waals surface area (Å²) in [7, 11) is -3.86. The van der Waals surface area contributed by atoms with Crippen LogP contribution in [0.15, 0.2) is 0 Å². The van der Waals surface area contributed by atoms with E-state index in [9.17, 15) is 44.0 Å². The molecule has 0 aliphatic rings. The van der Waals surface area contributed by atoms with Gasteiger partial charge in [0.05, 0.1) is 93.8 Å². The molecule has 0 spiro atoms. The van der Waals surface area contributed by atoms with Crippen LogP contribution in [0.1, 0.15) is 158 Å². The highest BCUT2D eigenvalue weighted by molar-refractivity contribution is 7.81. The average molecular weight is 918 g/mol. The number of hydrogen-bond donors (Lipinski definition) is 1. The van der Waals surface area contributed by atoms with Crippen molar-refractivity contribution in [3.63, 3.8) is 0 Å². The van der Waals surface area contributed by atoms with Crippen molar-refractivity contribution in [3.05, 3.63) is 0 Å². The molecule has 0 amide bonds. The van der Waals surface area contributed by atoms with Crippen LogP contribution in [0, 0.1) is 0 Å². The second kappa shape index (κ2) is 38.0. The number of rotatable bonds is 34. The highest BCUT2D eigenvalue weighted by atomic mass is 32.3. The first-order valence-electron chi connectivity index (χ1n) is 22.2. The average Bonchev–Trinajstić information content (AvgIpc) is 3.11. The predicted molar refractivity (Wildman–Crippen MR) is 235 cm³/mol. The van der Waals surface area contributed by atoms with E-state index in [1.165, 1.54) is 163 Å². The summed E-state index contributed by atoms with van der Waals surface area (Å²) < 4.78 is 99.3. The Labute approximate surface area is 364 Å². The zero-order chi connectivity index (χ0) is 46.5. The molecule has 0 bridgehead atoms. The molecule has 0 radical (unpaired) electrons. The molecule has 0 saturated heterocycles. The van der Waals surface area contributed by atoms with Gasteiger partial charge in [0.1, 0.15) is 12.6 Å². The van der Waals surface area contributed by atoms with Crippen LogP contribution in [0.25, 0.3) is 0 Å². The molecule has 0 aliphatic heterocycles. The molecule has 0 aromatic rings. The third-order valence-corrected chi connectivity index (χ3v) is 12.0. The first kappa shape index (κ1) is 65.1. The minimum Gasteiger partial charge on any atom is -0.726 e. The van der Waals surface area contributed by atoms with Crippen molar-refractivity contribution in [1.29, 1.82) is 0 Å². The molecular formula is C40H91N3O13S3. The molecule has 1 atom stereocenters. The van der Waals surface area contributed by atoms with Crippen molar-refractivity contribution in [2.24, 2.45) is 0 Å². The van der Waals surface area contributed by atoms with E-state index in [1.54, 1.807) is 0 Å². The quantitative estimate of drug-likeness (QED) is 0.0317. The van der Waals surface area contributed by atoms with E-state index >= 15 is 0 Å². The molecule has 1 unspecified atom stereocenters. The van der Waals surface area contributed by atoms with Gasteiger partial charge in [-0.3, -0.25) is 12.5 Å². The second-order valence-corrected chi connectivity index (χ2v) is 19.6. The lowest BCUT2D eigenvalue weighted by atomic mass is 10.0. The first-order chi connectivity index (χ1) is 27.2. The number of hydrogen-bond acceptors (Lipinski definition) is 13. The number of unbranched alkanes of at least 4 members (excludes halogenated alkanes) is 13. The van der Waals surface area contributed by atoms with Gasteiger partial charge in [-0.05, 0) is 48.0 Å². The van der Waals surface area contributed by atoms with Gasteiger partial charge in [-0.1, -0.05) is 96.8 Å². The van der Waals surface area contributed by atoms with Crippen LogP contribution in [-0.2, 0) is 43.7 Å². The molecule has 0 heterocycles. The summed E-state index contributed by atoms with van der Waals surface area (Å²) >= 11 is 0. The molecule has 1 N–H and O–H groups in total. The van der Waals surface area contributed by atoms with Crippen molar-refractivity contribution < 1.29 is 70.0 Å². The van der Waals surface area contributed by atoms with E-state index in [4.69, 9.17) is 0 Å². The van der Waals surface area contributed by atoms with Crippen molar-refractivity contribution in [1.82, 2.24) is 0 Å². The van der Waals surface area contributed by atoms with Gasteiger partial charge < -0.3 is 32.2 Å². The molecule has 19 heteroatoms. The van der Waals surface area contributed by atoms with E-state index in [-0.39, 0.29) is 25.9 Å². The minimum atomic E-state index is -4.42. The SMILES string of the molecule is CCCCCCCCCCCCCCCCC(O)C[N+](CC)(CCC[N+](C)(C)CC)CCC[N+](C)(C)CC.CCOS(=O)(=O)[O-].CCOS(=O)(=O)[O-].CCOS(=O)(=O)[O-]. The Bertz CT molecular complexity index is 1170. The summed E-state index contributed by atoms with van der Waals surface area (Å²) in [5.41, 5.74) is 0. The van der Waals surface area contributed by atoms with Gasteiger partial charge in [-0.2, -0.15) is 0 Å². The molecule has 16 nitrogen and oxygen atoms in total. The highest BCUT2D eigenvalue weighted by Crippen LogP contribution is 2.18. The Morgan fingerprint density at radius 2 is 0.729 bits per heavy atom. The molecular weight excluding hydrogens is 827 g/mol. The second-order valence-electron chi connectivity index (χ2n) is 16.4. The fourth-order valence-electron chi connectivity index (χ4n) is 6.27. The normalized spacial score (nSPS) is 13.1. The number of nitrogens with zero attached hydrogens (tertiary/aromatic N) is 3. The highest BCUT2D eigenvalue weighted by Gasteiger charge is 2.30. The number of aliphatic hydroxyl groups is 1. The summed E-state index contributed by atoms with van der Waals surface area (Å²) in [6.45, 7) is 22.6. The minimum absolute atomic E-state index is 0.0914. The standard InChI is InChI=1S/C34H76N3O.3C2H6O4S/c1-9-13-14-15-16-17-18-19-20-21-22-23-24-25-28-34(38)33-37(12-4,31-26-29-35(5,6)10-2)32-27-30-36(7,8)11-3;3*1-2-6-7(3,4)5/h34,38H,9-33H2,1-8H3;3*2H2,1H3,(H,3,4,5)/q+3;;;/p-3. The van der Waals surface area contributed by atoms with Crippen molar-refractivity contribution in [2.75, 3.05) is 100 Å². The predicted octanol–water partition coefficient (Wildman–Crippen LogP) is 6.48. The van der Waals surface area contributed by atoms with E-state index < -0.39 is 31.2 Å². The summed E-state index contributed by atoms with van der Waals surface area (Å²) in [6.07, 6.45) is 22.9. The molecule has 362 valence electrons. The molecule has 0 rings (SSSR count). The third-order valence-electron chi connectivity index (χ3n) is 10.5. The lowest BCUT2D eigenvalue weighted by molar-refractivity contribution is -0.941. The van der Waals surface area contributed by atoms with Crippen LogP contribution in [0.3, 0.4) is 0 Å². The van der Waals surface area contributed by atoms with Crippen LogP contribution in [-0.4, -0.2) is 164 Å². The number of quaternary nitrogens is 3. The summed E-state index contributed by atoms with van der Waals surface area (Å²) in [5, 5.41) is 11.1. The molecule has 0 saturated carbocycles. The Kier molecular flexibility index (Phi) is 41.9. The molecule has 0 aromatic carbocycles. The Hall–Kier alpha value is -0.550. The van der Waals surface area contributed by atoms with Crippen LogP contribution < -0.4 is 0 Å². The topological polar surface area (TPSA) is 220 Å². The van der Waals surface area contributed by atoms with E-state index in [0.29, 0.717) is 0 Å². The van der Waals surface area contributed by atoms with Crippen LogP contribution >= 0.6 is 0 Å². The summed E-state index contributed by atoms with van der Waals surface area (Å²) in [5.74, 6) is 0. The van der Waals surface area contributed by atoms with Crippen LogP contribution in [0.4, 0.5) is 0 Å². The van der Waals surface area contributed by atoms with Crippen molar-refractivity contribution >= 4 is 31.2 Å².